The summed E-state index contributed by atoms with van der Waals surface area (Å²) in [7, 11) is 2.22. The van der Waals surface area contributed by atoms with Crippen LogP contribution in [0, 0.1) is 11.8 Å². The Morgan fingerprint density at radius 3 is 2.89 bits per heavy atom. The van der Waals surface area contributed by atoms with E-state index in [1.165, 1.54) is 30.4 Å². The highest BCUT2D eigenvalue weighted by atomic mass is 16.3. The molecule has 1 saturated carbocycles. The zero-order valence-corrected chi connectivity index (χ0v) is 11.8. The normalized spacial score (nSPS) is 29.6. The van der Waals surface area contributed by atoms with Gasteiger partial charge < -0.3 is 5.11 Å². The monoisotopic (exact) mass is 257 g/mol. The molecule has 0 amide bonds. The van der Waals surface area contributed by atoms with Crippen LogP contribution in [0.15, 0.2) is 30.3 Å². The van der Waals surface area contributed by atoms with Crippen LogP contribution in [-0.2, 0) is 0 Å². The van der Waals surface area contributed by atoms with Crippen LogP contribution in [0.1, 0.15) is 31.7 Å². The summed E-state index contributed by atoms with van der Waals surface area (Å²) in [6, 6.07) is 8.26. The molecule has 0 aromatic heterocycles. The van der Waals surface area contributed by atoms with Gasteiger partial charge in [-0.05, 0) is 68.0 Å². The van der Waals surface area contributed by atoms with E-state index in [2.05, 4.69) is 31.0 Å². The first kappa shape index (κ1) is 12.7. The molecule has 19 heavy (non-hydrogen) atoms. The largest absolute Gasteiger partial charge is 0.508 e. The fourth-order valence-electron chi connectivity index (χ4n) is 3.84. The highest BCUT2D eigenvalue weighted by molar-refractivity contribution is 5.72. The van der Waals surface area contributed by atoms with Crippen molar-refractivity contribution in [2.75, 3.05) is 13.6 Å². The molecule has 1 N–H and O–H groups in total. The Labute approximate surface area is 115 Å². The minimum absolute atomic E-state index is 0.370. The maximum absolute atomic E-state index is 9.73. The Kier molecular flexibility index (Phi) is 3.36. The minimum Gasteiger partial charge on any atom is -0.508 e. The van der Waals surface area contributed by atoms with Crippen LogP contribution in [0.25, 0.3) is 5.57 Å². The first-order chi connectivity index (χ1) is 9.19. The summed E-state index contributed by atoms with van der Waals surface area (Å²) in [5, 5.41) is 9.73. The standard InChI is InChI=1S/C17H23NO/c1-3-18(2)17-14-8-7-12(9-14)10-16(17)13-5-4-6-15(19)11-13/h4-6,10-12,14,17,19H,3,7-9H2,1-2H3/t12?,14?,17-/m0/s1. The van der Waals surface area contributed by atoms with Crippen molar-refractivity contribution >= 4 is 5.57 Å². The number of phenols is 1. The van der Waals surface area contributed by atoms with Gasteiger partial charge in [0.25, 0.3) is 0 Å². The van der Waals surface area contributed by atoms with Gasteiger partial charge in [0.15, 0.2) is 0 Å². The molecule has 3 atom stereocenters. The van der Waals surface area contributed by atoms with Crippen LogP contribution >= 0.6 is 0 Å². The number of nitrogens with zero attached hydrogens (tertiary/aromatic N) is 1. The van der Waals surface area contributed by atoms with Gasteiger partial charge in [-0.2, -0.15) is 0 Å². The Morgan fingerprint density at radius 2 is 2.16 bits per heavy atom. The summed E-state index contributed by atoms with van der Waals surface area (Å²) >= 11 is 0. The summed E-state index contributed by atoms with van der Waals surface area (Å²) in [5.74, 6) is 1.91. The molecule has 1 aromatic carbocycles. The predicted octanol–water partition coefficient (Wildman–Crippen LogP) is 3.53. The van der Waals surface area contributed by atoms with Gasteiger partial charge in [0.1, 0.15) is 5.75 Å². The van der Waals surface area contributed by atoms with Crippen molar-refractivity contribution in [1.82, 2.24) is 4.90 Å². The van der Waals surface area contributed by atoms with Gasteiger partial charge in [0.05, 0.1) is 0 Å². The molecule has 3 rings (SSSR count). The second-order valence-corrected chi connectivity index (χ2v) is 6.02. The van der Waals surface area contributed by atoms with E-state index in [-0.39, 0.29) is 0 Å². The molecule has 0 saturated heterocycles. The fourth-order valence-corrected chi connectivity index (χ4v) is 3.84. The highest BCUT2D eigenvalue weighted by Gasteiger charge is 2.38. The van der Waals surface area contributed by atoms with Gasteiger partial charge in [-0.15, -0.1) is 0 Å². The smallest absolute Gasteiger partial charge is 0.116 e. The Hall–Kier alpha value is -1.28. The molecular weight excluding hydrogens is 234 g/mol. The third-order valence-electron chi connectivity index (χ3n) is 4.85. The zero-order valence-electron chi connectivity index (χ0n) is 11.8. The van der Waals surface area contributed by atoms with Crippen molar-refractivity contribution in [1.29, 1.82) is 0 Å². The van der Waals surface area contributed by atoms with Crippen molar-refractivity contribution in [3.05, 3.63) is 35.9 Å². The van der Waals surface area contributed by atoms with E-state index in [0.717, 1.165) is 18.4 Å². The van der Waals surface area contributed by atoms with Crippen molar-refractivity contribution in [2.45, 2.75) is 32.2 Å². The number of phenolic OH excluding ortho intramolecular Hbond substituents is 1. The molecule has 2 aliphatic carbocycles. The second-order valence-electron chi connectivity index (χ2n) is 6.02. The third-order valence-corrected chi connectivity index (χ3v) is 4.85. The molecule has 2 heteroatoms. The van der Waals surface area contributed by atoms with Gasteiger partial charge in [-0.3, -0.25) is 4.90 Å². The molecule has 0 radical (unpaired) electrons. The van der Waals surface area contributed by atoms with Crippen LogP contribution in [-0.4, -0.2) is 29.6 Å². The topological polar surface area (TPSA) is 23.5 Å². The van der Waals surface area contributed by atoms with Gasteiger partial charge in [-0.1, -0.05) is 25.1 Å². The average molecular weight is 257 g/mol. The van der Waals surface area contributed by atoms with Crippen molar-refractivity contribution in [3.8, 4) is 5.75 Å². The fraction of sp³-hybridized carbons (Fsp3) is 0.529. The lowest BCUT2D eigenvalue weighted by Gasteiger charge is -2.37. The van der Waals surface area contributed by atoms with E-state index < -0.39 is 0 Å². The molecule has 2 nitrogen and oxygen atoms in total. The third kappa shape index (κ3) is 2.30. The number of rotatable bonds is 3. The number of benzene rings is 1. The maximum atomic E-state index is 9.73. The predicted molar refractivity (Wildman–Crippen MR) is 79.0 cm³/mol. The Bertz CT molecular complexity index is 494. The van der Waals surface area contributed by atoms with Crippen molar-refractivity contribution in [3.63, 3.8) is 0 Å². The van der Waals surface area contributed by atoms with Crippen LogP contribution in [0.5, 0.6) is 5.75 Å². The number of allylic oxidation sites excluding steroid dienone is 1. The minimum atomic E-state index is 0.370. The molecule has 102 valence electrons. The summed E-state index contributed by atoms with van der Waals surface area (Å²) in [5.41, 5.74) is 2.63. The molecule has 0 heterocycles. The number of hydrogen-bond donors (Lipinski definition) is 1. The lowest BCUT2D eigenvalue weighted by atomic mass is 9.81. The molecule has 1 aromatic rings. The van der Waals surface area contributed by atoms with E-state index >= 15 is 0 Å². The van der Waals surface area contributed by atoms with E-state index in [1.807, 2.05) is 12.1 Å². The molecular formula is C17H23NO. The van der Waals surface area contributed by atoms with Crippen molar-refractivity contribution in [2.24, 2.45) is 11.8 Å². The maximum Gasteiger partial charge on any atom is 0.116 e. The lowest BCUT2D eigenvalue weighted by molar-refractivity contribution is 0.226. The van der Waals surface area contributed by atoms with Crippen LogP contribution < -0.4 is 0 Å². The van der Waals surface area contributed by atoms with Crippen LogP contribution in [0.3, 0.4) is 0 Å². The highest BCUT2D eigenvalue weighted by Crippen LogP contribution is 2.46. The summed E-state index contributed by atoms with van der Waals surface area (Å²) < 4.78 is 0. The zero-order chi connectivity index (χ0) is 13.4. The summed E-state index contributed by atoms with van der Waals surface area (Å²) in [6.45, 7) is 3.29. The first-order valence-electron chi connectivity index (χ1n) is 7.40. The summed E-state index contributed by atoms with van der Waals surface area (Å²) in [6.07, 6.45) is 6.49. The van der Waals surface area contributed by atoms with Gasteiger partial charge in [0, 0.05) is 6.04 Å². The molecule has 2 unspecified atom stereocenters. The van der Waals surface area contributed by atoms with E-state index in [9.17, 15) is 5.11 Å². The number of aromatic hydroxyl groups is 1. The summed E-state index contributed by atoms with van der Waals surface area (Å²) in [4.78, 5) is 2.46. The van der Waals surface area contributed by atoms with Gasteiger partial charge in [-0.25, -0.2) is 0 Å². The molecule has 0 aliphatic heterocycles. The first-order valence-corrected chi connectivity index (χ1v) is 7.40. The van der Waals surface area contributed by atoms with Crippen LogP contribution in [0.4, 0.5) is 0 Å². The molecule has 0 spiro atoms. The SMILES string of the molecule is CCN(C)[C@@H]1C(c2cccc(O)c2)=CC2CCC1C2. The molecule has 2 aliphatic rings. The quantitative estimate of drug-likeness (QED) is 0.895. The van der Waals surface area contributed by atoms with E-state index in [0.29, 0.717) is 11.8 Å². The number of likely N-dealkylation sites (N-methyl/N-ethyl adjacent to an activating group) is 1. The second kappa shape index (κ2) is 5.01. The van der Waals surface area contributed by atoms with Crippen molar-refractivity contribution < 1.29 is 5.11 Å². The molecule has 1 fully saturated rings. The van der Waals surface area contributed by atoms with E-state index in [1.54, 1.807) is 6.07 Å². The average Bonchev–Trinajstić information content (AvgIpc) is 2.79. The Balaban J connectivity index is 2.01. The van der Waals surface area contributed by atoms with E-state index in [4.69, 9.17) is 0 Å². The van der Waals surface area contributed by atoms with Gasteiger partial charge in [0.2, 0.25) is 0 Å². The van der Waals surface area contributed by atoms with Crippen LogP contribution in [0.2, 0.25) is 0 Å². The number of hydrogen-bond acceptors (Lipinski definition) is 2. The lowest BCUT2D eigenvalue weighted by Crippen LogP contribution is -2.39. The molecule has 2 bridgehead atoms. The number of fused-ring (bicyclic) bond motifs is 2. The van der Waals surface area contributed by atoms with Gasteiger partial charge >= 0.3 is 0 Å². The Morgan fingerprint density at radius 1 is 1.32 bits per heavy atom.